The monoisotopic (exact) mass is 569 g/mol. The summed E-state index contributed by atoms with van der Waals surface area (Å²) in [6.07, 6.45) is 3.48. The largest absolute Gasteiger partial charge is 0.470 e. The standard InChI is InChI=1S/C27H39B2N4O6S/c1-17(2)24(25(36)30-15-22(34)31-20-10-8-19(9-11-20)16-39-27(28)38)32-29-12-6-5-7-13-33-23(35)14-21(26(33)37)40-18(3)4/h8-11,17-18,21,24,32H,5-7,12-16H2,1-4H3,(H,30,36)(H,31,34). The molecule has 1 aliphatic heterocycles. The zero-order valence-electron chi connectivity index (χ0n) is 23.7. The van der Waals surface area contributed by atoms with Crippen LogP contribution in [0.5, 0.6) is 0 Å². The van der Waals surface area contributed by atoms with Crippen molar-refractivity contribution in [1.82, 2.24) is 15.4 Å². The number of likely N-dealkylation sites (tertiary alicyclic amines) is 1. The summed E-state index contributed by atoms with van der Waals surface area (Å²) in [6.45, 7) is 8.20. The Kier molecular flexibility index (Phi) is 14.3. The minimum Gasteiger partial charge on any atom is -0.470 e. The fraction of sp³-hybridized carbons (Fsp3) is 0.593. The van der Waals surface area contributed by atoms with E-state index >= 15 is 0 Å². The normalized spacial score (nSPS) is 15.8. The molecule has 1 saturated heterocycles. The van der Waals surface area contributed by atoms with E-state index in [-0.39, 0.29) is 47.9 Å². The summed E-state index contributed by atoms with van der Waals surface area (Å²) in [4.78, 5) is 61.7. The Bertz CT molecular complexity index is 1020. The van der Waals surface area contributed by atoms with Crippen LogP contribution >= 0.6 is 11.8 Å². The molecule has 40 heavy (non-hydrogen) atoms. The van der Waals surface area contributed by atoms with Gasteiger partial charge in [-0.05, 0) is 35.3 Å². The van der Waals surface area contributed by atoms with Gasteiger partial charge in [0.15, 0.2) is 0 Å². The zero-order chi connectivity index (χ0) is 29.7. The first-order chi connectivity index (χ1) is 19.0. The van der Waals surface area contributed by atoms with E-state index in [1.165, 1.54) is 4.90 Å². The Morgan fingerprint density at radius 1 is 1.10 bits per heavy atom. The second kappa shape index (κ2) is 17.1. The van der Waals surface area contributed by atoms with Crippen molar-refractivity contribution in [3.05, 3.63) is 29.8 Å². The van der Waals surface area contributed by atoms with E-state index < -0.39 is 11.9 Å². The van der Waals surface area contributed by atoms with Crippen LogP contribution in [0.1, 0.15) is 58.9 Å². The van der Waals surface area contributed by atoms with Gasteiger partial charge in [0.25, 0.3) is 0 Å². The summed E-state index contributed by atoms with van der Waals surface area (Å²) in [6, 6.07) is 6.22. The first kappa shape index (κ1) is 33.4. The number of unbranched alkanes of at least 4 members (excludes halogenated alkanes) is 2. The second-order valence-electron chi connectivity index (χ2n) is 10.3. The molecule has 2 unspecified atom stereocenters. The predicted octanol–water partition coefficient (Wildman–Crippen LogP) is 2.64. The lowest BCUT2D eigenvalue weighted by Gasteiger charge is -2.21. The molecule has 1 aromatic rings. The van der Waals surface area contributed by atoms with Crippen LogP contribution < -0.4 is 15.9 Å². The third kappa shape index (κ3) is 11.8. The van der Waals surface area contributed by atoms with Crippen LogP contribution in [0.3, 0.4) is 0 Å². The number of hydrogen-bond acceptors (Lipinski definition) is 8. The van der Waals surface area contributed by atoms with Gasteiger partial charge in [0.2, 0.25) is 44.8 Å². The van der Waals surface area contributed by atoms with Crippen molar-refractivity contribution in [2.75, 3.05) is 18.4 Å². The Balaban J connectivity index is 1.64. The first-order valence-corrected chi connectivity index (χ1v) is 14.6. The summed E-state index contributed by atoms with van der Waals surface area (Å²) in [5, 5.41) is 8.58. The van der Waals surface area contributed by atoms with Gasteiger partial charge in [-0.25, -0.2) is 0 Å². The molecule has 10 nitrogen and oxygen atoms in total. The maximum Gasteiger partial charge on any atom is 0.243 e. The maximum absolute atomic E-state index is 12.7. The summed E-state index contributed by atoms with van der Waals surface area (Å²) in [7, 11) is 6.80. The number of rotatable bonds is 17. The summed E-state index contributed by atoms with van der Waals surface area (Å²) >= 11 is 1.55. The SMILES string of the molecule is [B]C(=O)OCc1ccc(NC(=O)CNC(=O)C(N[B]CCCCCN2C(=O)CC(SC(C)C)C2=O)C(C)C)cc1. The van der Waals surface area contributed by atoms with Crippen LogP contribution in [0.25, 0.3) is 0 Å². The Hall–Kier alpha value is -2.79. The lowest BCUT2D eigenvalue weighted by molar-refractivity contribution is -0.138. The number of nitrogens with zero attached hydrogens (tertiary/aromatic N) is 1. The average Bonchev–Trinajstić information content (AvgIpc) is 3.14. The molecule has 2 atom stereocenters. The number of nitrogens with one attached hydrogen (secondary N) is 3. The van der Waals surface area contributed by atoms with Crippen molar-refractivity contribution in [2.24, 2.45) is 5.92 Å². The van der Waals surface area contributed by atoms with Gasteiger partial charge in [-0.3, -0.25) is 28.9 Å². The van der Waals surface area contributed by atoms with E-state index in [4.69, 9.17) is 12.6 Å². The Morgan fingerprint density at radius 2 is 1.80 bits per heavy atom. The highest BCUT2D eigenvalue weighted by molar-refractivity contribution is 8.01. The molecule has 215 valence electrons. The van der Waals surface area contributed by atoms with Crippen molar-refractivity contribution in [2.45, 2.75) is 82.8 Å². The molecule has 0 spiro atoms. The number of carbonyl (C=O) groups is 5. The van der Waals surface area contributed by atoms with Crippen molar-refractivity contribution in [3.8, 4) is 0 Å². The fourth-order valence-corrected chi connectivity index (χ4v) is 5.26. The molecule has 3 radical (unpaired) electrons. The lowest BCUT2D eigenvalue weighted by Crippen LogP contribution is -2.50. The number of hydrogen-bond donors (Lipinski definition) is 3. The summed E-state index contributed by atoms with van der Waals surface area (Å²) in [5.41, 5.74) is 1.26. The molecule has 3 N–H and O–H groups in total. The molecule has 13 heteroatoms. The van der Waals surface area contributed by atoms with Gasteiger partial charge < -0.3 is 20.6 Å². The highest BCUT2D eigenvalue weighted by Crippen LogP contribution is 2.28. The Morgan fingerprint density at radius 3 is 2.42 bits per heavy atom. The van der Waals surface area contributed by atoms with Gasteiger partial charge in [0.05, 0.1) is 17.8 Å². The fourth-order valence-electron chi connectivity index (χ4n) is 4.12. The number of carbonyl (C=O) groups excluding carboxylic acids is 5. The second-order valence-corrected chi connectivity index (χ2v) is 12.1. The van der Waals surface area contributed by atoms with Crippen LogP contribution in [0, 0.1) is 5.92 Å². The molecule has 1 aliphatic rings. The highest BCUT2D eigenvalue weighted by Gasteiger charge is 2.38. The molecule has 1 heterocycles. The van der Waals surface area contributed by atoms with Gasteiger partial charge in [-0.15, -0.1) is 11.8 Å². The van der Waals surface area contributed by atoms with Crippen LogP contribution in [-0.4, -0.2) is 79.3 Å². The van der Waals surface area contributed by atoms with Crippen LogP contribution in [0.15, 0.2) is 24.3 Å². The number of anilines is 1. The van der Waals surface area contributed by atoms with E-state index in [0.717, 1.165) is 31.1 Å². The number of thioether (sulfide) groups is 1. The van der Waals surface area contributed by atoms with E-state index in [0.29, 0.717) is 23.9 Å². The van der Waals surface area contributed by atoms with Crippen LogP contribution in [0.2, 0.25) is 6.32 Å². The molecule has 0 saturated carbocycles. The van der Waals surface area contributed by atoms with Crippen molar-refractivity contribution in [3.63, 3.8) is 0 Å². The van der Waals surface area contributed by atoms with Gasteiger partial charge in [0.1, 0.15) is 6.61 Å². The minimum atomic E-state index is -0.861. The van der Waals surface area contributed by atoms with Gasteiger partial charge in [0, 0.05) is 18.7 Å². The molecule has 0 bridgehead atoms. The minimum absolute atomic E-state index is 0.00155. The molecular weight excluding hydrogens is 530 g/mol. The molecule has 0 aliphatic carbocycles. The Labute approximate surface area is 243 Å². The third-order valence-corrected chi connectivity index (χ3v) is 7.40. The third-order valence-electron chi connectivity index (χ3n) is 6.16. The van der Waals surface area contributed by atoms with Crippen molar-refractivity contribution < 1.29 is 28.7 Å². The van der Waals surface area contributed by atoms with E-state index in [1.807, 2.05) is 35.1 Å². The van der Waals surface area contributed by atoms with Crippen LogP contribution in [-0.2, 0) is 30.5 Å². The first-order valence-electron chi connectivity index (χ1n) is 13.6. The maximum atomic E-state index is 12.7. The number of ether oxygens (including phenoxy) is 1. The van der Waals surface area contributed by atoms with E-state index in [9.17, 15) is 24.0 Å². The zero-order valence-corrected chi connectivity index (χ0v) is 24.6. The predicted molar refractivity (Wildman–Crippen MR) is 158 cm³/mol. The lowest BCUT2D eigenvalue weighted by atomic mass is 9.83. The van der Waals surface area contributed by atoms with Gasteiger partial charge >= 0.3 is 0 Å². The molecule has 0 aromatic heterocycles. The van der Waals surface area contributed by atoms with E-state index in [2.05, 4.69) is 15.9 Å². The van der Waals surface area contributed by atoms with Crippen molar-refractivity contribution >= 4 is 62.2 Å². The molecule has 4 amide bonds. The molecular formula is C27H39B2N4O6S. The smallest absolute Gasteiger partial charge is 0.243 e. The van der Waals surface area contributed by atoms with Gasteiger partial charge in [-0.2, -0.15) is 0 Å². The number of benzene rings is 1. The number of amides is 4. The topological polar surface area (TPSA) is 134 Å². The average molecular weight is 569 g/mol. The van der Waals surface area contributed by atoms with E-state index in [1.54, 1.807) is 36.0 Å². The van der Waals surface area contributed by atoms with Gasteiger partial charge in [-0.1, -0.05) is 59.0 Å². The molecule has 1 fully saturated rings. The summed E-state index contributed by atoms with van der Waals surface area (Å²) < 4.78 is 4.72. The highest BCUT2D eigenvalue weighted by atomic mass is 32.2. The van der Waals surface area contributed by atoms with Crippen molar-refractivity contribution in [1.29, 1.82) is 0 Å². The quantitative estimate of drug-likeness (QED) is 0.148. The van der Waals surface area contributed by atoms with Crippen LogP contribution in [0.4, 0.5) is 10.5 Å². The summed E-state index contributed by atoms with van der Waals surface area (Å²) in [5.74, 6) is -1.66. The molecule has 2 rings (SSSR count). The number of imide groups is 1. The molecule has 1 aromatic carbocycles.